The molecule has 0 aliphatic carbocycles. The molecule has 4 heteroatoms. The van der Waals surface area contributed by atoms with Gasteiger partial charge in [0, 0.05) is 42.3 Å². The van der Waals surface area contributed by atoms with Crippen molar-refractivity contribution in [2.75, 3.05) is 31.1 Å². The van der Waals surface area contributed by atoms with E-state index in [4.69, 9.17) is 0 Å². The van der Waals surface area contributed by atoms with Gasteiger partial charge in [-0.15, -0.1) is 0 Å². The minimum absolute atomic E-state index is 0.107. The first-order chi connectivity index (χ1) is 9.40. The van der Waals surface area contributed by atoms with Crippen molar-refractivity contribution in [2.24, 2.45) is 5.41 Å². The normalized spacial score (nSPS) is 21.8. The fraction of sp³-hybridized carbons (Fsp3) is 0.625. The van der Waals surface area contributed by atoms with Crippen LogP contribution in [0.1, 0.15) is 25.8 Å². The molecule has 0 radical (unpaired) electrons. The van der Waals surface area contributed by atoms with Crippen LogP contribution in [0.25, 0.3) is 0 Å². The van der Waals surface area contributed by atoms with Crippen LogP contribution in [0.4, 0.5) is 14.5 Å². The third kappa shape index (κ3) is 2.20. The van der Waals surface area contributed by atoms with E-state index < -0.39 is 11.6 Å². The molecule has 3 rings (SSSR count). The molecule has 2 aliphatic rings. The quantitative estimate of drug-likeness (QED) is 0.821. The molecule has 2 nitrogen and oxygen atoms in total. The molecule has 0 aromatic heterocycles. The minimum atomic E-state index is -0.448. The second kappa shape index (κ2) is 4.69. The molecule has 0 N–H and O–H groups in total. The van der Waals surface area contributed by atoms with E-state index in [2.05, 4.69) is 23.6 Å². The molecule has 2 fully saturated rings. The van der Waals surface area contributed by atoms with Gasteiger partial charge in [-0.2, -0.15) is 0 Å². The third-order valence-electron chi connectivity index (χ3n) is 4.88. The minimum Gasteiger partial charge on any atom is -0.370 e. The van der Waals surface area contributed by atoms with Gasteiger partial charge in [0.2, 0.25) is 0 Å². The Morgan fingerprint density at radius 1 is 1.10 bits per heavy atom. The van der Waals surface area contributed by atoms with Gasteiger partial charge in [-0.1, -0.05) is 0 Å². The highest BCUT2D eigenvalue weighted by atomic mass is 19.1. The summed E-state index contributed by atoms with van der Waals surface area (Å²) in [6, 6.07) is 3.50. The van der Waals surface area contributed by atoms with Crippen LogP contribution in [-0.2, 0) is 0 Å². The van der Waals surface area contributed by atoms with Crippen molar-refractivity contribution in [3.63, 3.8) is 0 Å². The summed E-state index contributed by atoms with van der Waals surface area (Å²) in [6.45, 7) is 10.0. The molecule has 1 aromatic rings. The van der Waals surface area contributed by atoms with Crippen LogP contribution in [0.15, 0.2) is 12.1 Å². The molecule has 0 atom stereocenters. The van der Waals surface area contributed by atoms with Gasteiger partial charge in [-0.25, -0.2) is 8.78 Å². The van der Waals surface area contributed by atoms with Gasteiger partial charge in [0.05, 0.1) is 0 Å². The van der Waals surface area contributed by atoms with Crippen LogP contribution in [0.3, 0.4) is 0 Å². The van der Waals surface area contributed by atoms with E-state index in [9.17, 15) is 8.78 Å². The maximum absolute atomic E-state index is 13.6. The van der Waals surface area contributed by atoms with E-state index in [1.165, 1.54) is 25.5 Å². The van der Waals surface area contributed by atoms with E-state index in [0.717, 1.165) is 26.2 Å². The van der Waals surface area contributed by atoms with Gasteiger partial charge in [0.1, 0.15) is 11.6 Å². The van der Waals surface area contributed by atoms with Crippen molar-refractivity contribution in [3.8, 4) is 0 Å². The molecule has 0 unspecified atom stereocenters. The number of rotatable bonds is 2. The van der Waals surface area contributed by atoms with E-state index in [0.29, 0.717) is 17.1 Å². The van der Waals surface area contributed by atoms with Crippen molar-refractivity contribution in [1.29, 1.82) is 0 Å². The molecule has 0 amide bonds. The lowest BCUT2D eigenvalue weighted by molar-refractivity contribution is 0.186. The second-order valence-electron chi connectivity index (χ2n) is 6.70. The van der Waals surface area contributed by atoms with Gasteiger partial charge in [-0.3, -0.25) is 0 Å². The highest BCUT2D eigenvalue weighted by Gasteiger charge is 2.48. The largest absolute Gasteiger partial charge is 0.370 e. The van der Waals surface area contributed by atoms with Gasteiger partial charge in [-0.05, 0) is 45.9 Å². The molecule has 110 valence electrons. The number of hydrogen-bond acceptors (Lipinski definition) is 2. The monoisotopic (exact) mass is 280 g/mol. The SMILES string of the molecule is Cc1c(F)cc(N2CC3(CCN(C(C)C)C3)C2)cc1F. The van der Waals surface area contributed by atoms with Crippen LogP contribution in [0.5, 0.6) is 0 Å². The predicted molar refractivity (Wildman–Crippen MR) is 77.1 cm³/mol. The summed E-state index contributed by atoms with van der Waals surface area (Å²) in [6.07, 6.45) is 1.19. The number of nitrogens with zero attached hydrogens (tertiary/aromatic N) is 2. The molecule has 2 aliphatic heterocycles. The summed E-state index contributed by atoms with van der Waals surface area (Å²) >= 11 is 0. The number of likely N-dealkylation sites (tertiary alicyclic amines) is 1. The lowest BCUT2D eigenvalue weighted by atomic mass is 9.78. The number of halogens is 2. The summed E-state index contributed by atoms with van der Waals surface area (Å²) in [4.78, 5) is 4.59. The van der Waals surface area contributed by atoms with Gasteiger partial charge < -0.3 is 9.80 Å². The first kappa shape index (κ1) is 13.8. The van der Waals surface area contributed by atoms with E-state index in [-0.39, 0.29) is 5.56 Å². The summed E-state index contributed by atoms with van der Waals surface area (Å²) in [7, 11) is 0. The first-order valence-electron chi connectivity index (χ1n) is 7.35. The molecule has 0 bridgehead atoms. The van der Waals surface area contributed by atoms with Crippen LogP contribution in [0, 0.1) is 24.0 Å². The zero-order valence-electron chi connectivity index (χ0n) is 12.4. The molecule has 20 heavy (non-hydrogen) atoms. The average molecular weight is 280 g/mol. The van der Waals surface area contributed by atoms with Crippen LogP contribution in [-0.4, -0.2) is 37.1 Å². The number of benzene rings is 1. The Labute approximate surface area is 119 Å². The molecule has 1 spiro atoms. The molecule has 2 heterocycles. The second-order valence-corrected chi connectivity index (χ2v) is 6.70. The molecule has 1 aromatic carbocycles. The predicted octanol–water partition coefficient (Wildman–Crippen LogP) is 3.19. The summed E-state index contributed by atoms with van der Waals surface area (Å²) < 4.78 is 27.2. The maximum atomic E-state index is 13.6. The zero-order valence-corrected chi connectivity index (χ0v) is 12.4. The Morgan fingerprint density at radius 3 is 2.20 bits per heavy atom. The van der Waals surface area contributed by atoms with Gasteiger partial charge in [0.25, 0.3) is 0 Å². The number of anilines is 1. The molecular weight excluding hydrogens is 258 g/mol. The Balaban J connectivity index is 1.69. The highest BCUT2D eigenvalue weighted by Crippen LogP contribution is 2.42. The molecular formula is C16H22F2N2. The smallest absolute Gasteiger partial charge is 0.131 e. The Kier molecular flexibility index (Phi) is 3.24. The lowest BCUT2D eigenvalue weighted by Crippen LogP contribution is -2.58. The van der Waals surface area contributed by atoms with Gasteiger partial charge in [0.15, 0.2) is 0 Å². The van der Waals surface area contributed by atoms with E-state index in [1.807, 2.05) is 0 Å². The molecule has 0 saturated carbocycles. The van der Waals surface area contributed by atoms with Crippen molar-refractivity contribution in [1.82, 2.24) is 4.90 Å². The van der Waals surface area contributed by atoms with Crippen molar-refractivity contribution < 1.29 is 8.78 Å². The highest BCUT2D eigenvalue weighted by molar-refractivity contribution is 5.52. The van der Waals surface area contributed by atoms with Gasteiger partial charge >= 0.3 is 0 Å². The van der Waals surface area contributed by atoms with E-state index in [1.54, 1.807) is 0 Å². The first-order valence-corrected chi connectivity index (χ1v) is 7.35. The van der Waals surface area contributed by atoms with Crippen molar-refractivity contribution in [3.05, 3.63) is 29.3 Å². The van der Waals surface area contributed by atoms with Crippen molar-refractivity contribution >= 4 is 5.69 Å². The Morgan fingerprint density at radius 2 is 1.70 bits per heavy atom. The van der Waals surface area contributed by atoms with E-state index >= 15 is 0 Å². The molecule has 2 saturated heterocycles. The fourth-order valence-corrected chi connectivity index (χ4v) is 3.43. The topological polar surface area (TPSA) is 6.48 Å². The zero-order chi connectivity index (χ0) is 14.5. The lowest BCUT2D eigenvalue weighted by Gasteiger charge is -2.49. The van der Waals surface area contributed by atoms with Crippen molar-refractivity contribution in [2.45, 2.75) is 33.2 Å². The summed E-state index contributed by atoms with van der Waals surface area (Å²) in [5.74, 6) is -0.896. The van der Waals surface area contributed by atoms with Crippen LogP contribution < -0.4 is 4.90 Å². The standard InChI is InChI=1S/C16H22F2N2/c1-11(2)19-5-4-16(8-19)9-20(10-16)13-6-14(17)12(3)15(18)7-13/h6-7,11H,4-5,8-10H2,1-3H3. The maximum Gasteiger partial charge on any atom is 0.131 e. The Hall–Kier alpha value is -1.16. The Bertz CT molecular complexity index is 498. The van der Waals surface area contributed by atoms with Crippen LogP contribution >= 0.6 is 0 Å². The van der Waals surface area contributed by atoms with Crippen LogP contribution in [0.2, 0.25) is 0 Å². The third-order valence-corrected chi connectivity index (χ3v) is 4.88. The number of hydrogen-bond donors (Lipinski definition) is 0. The average Bonchev–Trinajstić information content (AvgIpc) is 2.79. The summed E-state index contributed by atoms with van der Waals surface area (Å²) in [5.41, 5.74) is 1.12. The summed E-state index contributed by atoms with van der Waals surface area (Å²) in [5, 5.41) is 0. The fourth-order valence-electron chi connectivity index (χ4n) is 3.43.